The molecule has 0 aliphatic heterocycles. The summed E-state index contributed by atoms with van der Waals surface area (Å²) >= 11 is 0. The molecule has 2 N–H and O–H groups in total. The maximum absolute atomic E-state index is 9.24. The van der Waals surface area contributed by atoms with Gasteiger partial charge in [-0.1, -0.05) is 30.3 Å². The van der Waals surface area contributed by atoms with Crippen molar-refractivity contribution in [3.05, 3.63) is 35.9 Å². The summed E-state index contributed by atoms with van der Waals surface area (Å²) in [5.41, 5.74) is 1.45. The molecule has 0 fully saturated rings. The van der Waals surface area contributed by atoms with Crippen molar-refractivity contribution in [2.75, 3.05) is 6.54 Å². The molecule has 1 unspecified atom stereocenters. The molecule has 2 heteroatoms. The minimum atomic E-state index is -0.281. The first-order chi connectivity index (χ1) is 7.49. The zero-order valence-corrected chi connectivity index (χ0v) is 10.5. The average Bonchev–Trinajstić information content (AvgIpc) is 2.26. The number of hydrogen-bond donors (Lipinski definition) is 2. The highest BCUT2D eigenvalue weighted by Crippen LogP contribution is 2.13. The summed E-state index contributed by atoms with van der Waals surface area (Å²) in [6.45, 7) is 6.82. The van der Waals surface area contributed by atoms with Crippen LogP contribution in [0.25, 0.3) is 0 Å². The van der Waals surface area contributed by atoms with E-state index >= 15 is 0 Å². The molecule has 0 saturated carbocycles. The van der Waals surface area contributed by atoms with E-state index in [0.717, 1.165) is 12.8 Å². The lowest BCUT2D eigenvalue weighted by Gasteiger charge is -2.27. The van der Waals surface area contributed by atoms with Crippen molar-refractivity contribution < 1.29 is 5.11 Å². The largest absolute Gasteiger partial charge is 0.392 e. The lowest BCUT2D eigenvalue weighted by molar-refractivity contribution is 0.174. The number of nitrogens with one attached hydrogen (secondary N) is 1. The molecule has 0 saturated heterocycles. The number of aryl methyl sites for hydroxylation is 1. The van der Waals surface area contributed by atoms with E-state index in [2.05, 4.69) is 43.4 Å². The highest BCUT2D eigenvalue weighted by atomic mass is 16.3. The Morgan fingerprint density at radius 3 is 2.44 bits per heavy atom. The van der Waals surface area contributed by atoms with E-state index in [-0.39, 0.29) is 11.6 Å². The topological polar surface area (TPSA) is 32.3 Å². The normalized spacial score (nSPS) is 13.8. The van der Waals surface area contributed by atoms with E-state index in [0.29, 0.717) is 6.54 Å². The van der Waals surface area contributed by atoms with Crippen LogP contribution in [0.15, 0.2) is 30.3 Å². The number of aliphatic hydroxyl groups excluding tert-OH is 1. The zero-order chi connectivity index (χ0) is 12.0. The van der Waals surface area contributed by atoms with E-state index < -0.39 is 0 Å². The van der Waals surface area contributed by atoms with E-state index in [1.807, 2.05) is 6.07 Å². The van der Waals surface area contributed by atoms with Crippen LogP contribution in [0.2, 0.25) is 0 Å². The predicted molar refractivity (Wildman–Crippen MR) is 68.5 cm³/mol. The highest BCUT2D eigenvalue weighted by Gasteiger charge is 2.17. The summed E-state index contributed by atoms with van der Waals surface area (Å²) in [6, 6.07) is 10.5. The van der Waals surface area contributed by atoms with Crippen molar-refractivity contribution in [3.8, 4) is 0 Å². The summed E-state index contributed by atoms with van der Waals surface area (Å²) in [7, 11) is 0. The molecule has 0 aliphatic carbocycles. The molecule has 0 bridgehead atoms. The lowest BCUT2D eigenvalue weighted by Crippen LogP contribution is -2.43. The molecule has 0 aromatic heterocycles. The Morgan fingerprint density at radius 2 is 1.88 bits per heavy atom. The van der Waals surface area contributed by atoms with Crippen molar-refractivity contribution >= 4 is 0 Å². The Balaban J connectivity index is 2.36. The van der Waals surface area contributed by atoms with E-state index in [1.165, 1.54) is 5.56 Å². The van der Waals surface area contributed by atoms with Gasteiger partial charge < -0.3 is 10.4 Å². The fourth-order valence-corrected chi connectivity index (χ4v) is 1.61. The zero-order valence-electron chi connectivity index (χ0n) is 10.5. The van der Waals surface area contributed by atoms with Crippen molar-refractivity contribution in [1.82, 2.24) is 5.32 Å². The molecule has 1 atom stereocenters. The van der Waals surface area contributed by atoms with Crippen LogP contribution in [-0.4, -0.2) is 23.3 Å². The maximum atomic E-state index is 9.24. The van der Waals surface area contributed by atoms with Gasteiger partial charge in [0.1, 0.15) is 0 Å². The van der Waals surface area contributed by atoms with Crippen LogP contribution in [0.5, 0.6) is 0 Å². The second-order valence-electron chi connectivity index (χ2n) is 5.10. The minimum Gasteiger partial charge on any atom is -0.392 e. The molecule has 0 heterocycles. The number of hydrogen-bond acceptors (Lipinski definition) is 2. The van der Waals surface area contributed by atoms with Crippen LogP contribution in [-0.2, 0) is 6.42 Å². The third kappa shape index (κ3) is 5.29. The molecule has 1 aromatic carbocycles. The van der Waals surface area contributed by atoms with Gasteiger partial charge in [-0.05, 0) is 39.2 Å². The predicted octanol–water partition coefficient (Wildman–Crippen LogP) is 2.37. The SMILES string of the molecule is CC(O)CNC(C)(C)CCc1ccccc1. The quantitative estimate of drug-likeness (QED) is 0.773. The Kier molecular flexibility index (Phi) is 4.97. The summed E-state index contributed by atoms with van der Waals surface area (Å²) in [6.07, 6.45) is 1.86. The van der Waals surface area contributed by atoms with E-state index in [4.69, 9.17) is 0 Å². The smallest absolute Gasteiger partial charge is 0.0636 e. The fourth-order valence-electron chi connectivity index (χ4n) is 1.61. The number of aliphatic hydroxyl groups is 1. The van der Waals surface area contributed by atoms with Gasteiger partial charge in [0, 0.05) is 12.1 Å². The van der Waals surface area contributed by atoms with E-state index in [1.54, 1.807) is 6.92 Å². The molecule has 90 valence electrons. The van der Waals surface area contributed by atoms with Gasteiger partial charge >= 0.3 is 0 Å². The van der Waals surface area contributed by atoms with Crippen LogP contribution in [0.4, 0.5) is 0 Å². The first-order valence-electron chi connectivity index (χ1n) is 5.97. The van der Waals surface area contributed by atoms with Gasteiger partial charge in [-0.2, -0.15) is 0 Å². The Morgan fingerprint density at radius 1 is 1.25 bits per heavy atom. The standard InChI is InChI=1S/C14H23NO/c1-12(16)11-15-14(2,3)10-9-13-7-5-4-6-8-13/h4-8,12,15-16H,9-11H2,1-3H3. The second-order valence-corrected chi connectivity index (χ2v) is 5.10. The third-order valence-corrected chi connectivity index (χ3v) is 2.76. The van der Waals surface area contributed by atoms with Gasteiger partial charge in [-0.3, -0.25) is 0 Å². The summed E-state index contributed by atoms with van der Waals surface area (Å²) in [5.74, 6) is 0. The maximum Gasteiger partial charge on any atom is 0.0636 e. The van der Waals surface area contributed by atoms with Gasteiger partial charge in [0.15, 0.2) is 0 Å². The van der Waals surface area contributed by atoms with Crippen molar-refractivity contribution in [1.29, 1.82) is 0 Å². The molecule has 0 amide bonds. The van der Waals surface area contributed by atoms with Crippen molar-refractivity contribution in [2.24, 2.45) is 0 Å². The molecular formula is C14H23NO. The monoisotopic (exact) mass is 221 g/mol. The Labute approximate surface area is 98.7 Å². The number of rotatable bonds is 6. The molecule has 16 heavy (non-hydrogen) atoms. The first-order valence-corrected chi connectivity index (χ1v) is 5.97. The van der Waals surface area contributed by atoms with Crippen LogP contribution in [0.1, 0.15) is 32.8 Å². The van der Waals surface area contributed by atoms with Gasteiger partial charge in [-0.25, -0.2) is 0 Å². The van der Waals surface area contributed by atoms with Gasteiger partial charge in [0.2, 0.25) is 0 Å². The molecule has 1 aromatic rings. The Bertz CT molecular complexity index is 293. The Hall–Kier alpha value is -0.860. The average molecular weight is 221 g/mol. The summed E-state index contributed by atoms with van der Waals surface area (Å²) in [5, 5.41) is 12.6. The van der Waals surface area contributed by atoms with Crippen LogP contribution in [0.3, 0.4) is 0 Å². The summed E-state index contributed by atoms with van der Waals surface area (Å²) in [4.78, 5) is 0. The van der Waals surface area contributed by atoms with Gasteiger partial charge in [-0.15, -0.1) is 0 Å². The fraction of sp³-hybridized carbons (Fsp3) is 0.571. The number of benzene rings is 1. The van der Waals surface area contributed by atoms with Crippen molar-refractivity contribution in [2.45, 2.75) is 45.3 Å². The third-order valence-electron chi connectivity index (χ3n) is 2.76. The molecule has 2 nitrogen and oxygen atoms in total. The molecular weight excluding hydrogens is 198 g/mol. The van der Waals surface area contributed by atoms with Crippen LogP contribution < -0.4 is 5.32 Å². The molecule has 1 rings (SSSR count). The first kappa shape index (κ1) is 13.2. The van der Waals surface area contributed by atoms with Crippen LogP contribution in [0, 0.1) is 0 Å². The molecule has 0 spiro atoms. The van der Waals surface area contributed by atoms with Crippen molar-refractivity contribution in [3.63, 3.8) is 0 Å². The molecule has 0 aliphatic rings. The summed E-state index contributed by atoms with van der Waals surface area (Å²) < 4.78 is 0. The van der Waals surface area contributed by atoms with E-state index in [9.17, 15) is 5.11 Å². The highest BCUT2D eigenvalue weighted by molar-refractivity contribution is 5.15. The minimum absolute atomic E-state index is 0.0762. The van der Waals surface area contributed by atoms with Gasteiger partial charge in [0.05, 0.1) is 6.10 Å². The van der Waals surface area contributed by atoms with Gasteiger partial charge in [0.25, 0.3) is 0 Å². The number of β-amino-alcohol motifs (C(OH)–C–C–N with tert-alkyl or cyclic N) is 1. The van der Waals surface area contributed by atoms with Crippen LogP contribution >= 0.6 is 0 Å². The molecule has 0 radical (unpaired) electrons. The lowest BCUT2D eigenvalue weighted by atomic mass is 9.95. The second kappa shape index (κ2) is 6.02.